The number of benzene rings is 1. The molecule has 1 aromatic rings. The maximum Gasteiger partial charge on any atom is 0.0587 e. The van der Waals surface area contributed by atoms with Gasteiger partial charge in [-0.3, -0.25) is 0 Å². The van der Waals surface area contributed by atoms with E-state index in [1.807, 2.05) is 6.07 Å². The van der Waals surface area contributed by atoms with Crippen molar-refractivity contribution in [3.63, 3.8) is 0 Å². The van der Waals surface area contributed by atoms with E-state index in [1.54, 1.807) is 7.11 Å². The molecule has 1 aromatic carbocycles. The lowest BCUT2D eigenvalue weighted by Gasteiger charge is -2.16. The van der Waals surface area contributed by atoms with Gasteiger partial charge in [0.25, 0.3) is 0 Å². The summed E-state index contributed by atoms with van der Waals surface area (Å²) in [6, 6.07) is 10.9. The topological polar surface area (TPSA) is 47.3 Å². The highest BCUT2D eigenvalue weighted by atomic mass is 16.5. The van der Waals surface area contributed by atoms with Crippen LogP contribution in [0.25, 0.3) is 0 Å². The summed E-state index contributed by atoms with van der Waals surface area (Å²) in [4.78, 5) is 0. The Morgan fingerprint density at radius 1 is 1.31 bits per heavy atom. The summed E-state index contributed by atoms with van der Waals surface area (Å²) >= 11 is 0. The van der Waals surface area contributed by atoms with Crippen LogP contribution in [0.2, 0.25) is 0 Å². The molecular weight excluding hydrogens is 200 g/mol. The van der Waals surface area contributed by atoms with E-state index in [4.69, 9.17) is 10.5 Å². The number of rotatable bonds is 8. The van der Waals surface area contributed by atoms with Crippen molar-refractivity contribution in [3.8, 4) is 0 Å². The van der Waals surface area contributed by atoms with Crippen molar-refractivity contribution in [2.45, 2.75) is 18.9 Å². The highest BCUT2D eigenvalue weighted by Gasteiger charge is 2.05. The average Bonchev–Trinajstić information content (AvgIpc) is 2.35. The Morgan fingerprint density at radius 2 is 2.06 bits per heavy atom. The first kappa shape index (κ1) is 13.2. The van der Waals surface area contributed by atoms with Gasteiger partial charge in [0, 0.05) is 26.2 Å². The zero-order valence-corrected chi connectivity index (χ0v) is 9.99. The third-order valence-corrected chi connectivity index (χ3v) is 2.65. The van der Waals surface area contributed by atoms with Gasteiger partial charge in [-0.2, -0.15) is 0 Å². The Hall–Kier alpha value is -0.900. The lowest BCUT2D eigenvalue weighted by molar-refractivity contribution is 0.195. The van der Waals surface area contributed by atoms with Gasteiger partial charge in [-0.1, -0.05) is 30.3 Å². The third-order valence-electron chi connectivity index (χ3n) is 2.65. The normalized spacial score (nSPS) is 12.6. The quantitative estimate of drug-likeness (QED) is 0.649. The zero-order valence-electron chi connectivity index (χ0n) is 9.99. The number of methoxy groups -OCH3 is 1. The zero-order chi connectivity index (χ0) is 11.6. The molecule has 0 aliphatic rings. The highest BCUT2D eigenvalue weighted by molar-refractivity contribution is 5.14. The largest absolute Gasteiger partial charge is 0.383 e. The molecule has 0 fully saturated rings. The minimum atomic E-state index is 0.385. The molecule has 3 heteroatoms. The van der Waals surface area contributed by atoms with Gasteiger partial charge in [-0.05, 0) is 18.4 Å². The number of hydrogen-bond acceptors (Lipinski definition) is 3. The van der Waals surface area contributed by atoms with E-state index < -0.39 is 0 Å². The van der Waals surface area contributed by atoms with Crippen molar-refractivity contribution in [3.05, 3.63) is 35.9 Å². The first-order chi connectivity index (χ1) is 7.86. The number of nitrogens with two attached hydrogens (primary N) is 1. The third kappa shape index (κ3) is 5.26. The summed E-state index contributed by atoms with van der Waals surface area (Å²) in [5.41, 5.74) is 7.09. The van der Waals surface area contributed by atoms with Gasteiger partial charge in [0.15, 0.2) is 0 Å². The van der Waals surface area contributed by atoms with Crippen LogP contribution in [0.1, 0.15) is 12.0 Å². The van der Waals surface area contributed by atoms with E-state index in [0.717, 1.165) is 26.0 Å². The van der Waals surface area contributed by atoms with Crippen molar-refractivity contribution in [1.29, 1.82) is 0 Å². The molecule has 0 aliphatic carbocycles. The van der Waals surface area contributed by atoms with Crippen LogP contribution in [0.3, 0.4) is 0 Å². The van der Waals surface area contributed by atoms with Gasteiger partial charge < -0.3 is 15.8 Å². The molecule has 1 atom stereocenters. The molecule has 0 aliphatic heterocycles. The van der Waals surface area contributed by atoms with E-state index in [9.17, 15) is 0 Å². The van der Waals surface area contributed by atoms with E-state index in [0.29, 0.717) is 12.6 Å². The molecule has 3 nitrogen and oxygen atoms in total. The van der Waals surface area contributed by atoms with E-state index >= 15 is 0 Å². The van der Waals surface area contributed by atoms with Crippen molar-refractivity contribution in [2.24, 2.45) is 5.73 Å². The Bertz CT molecular complexity index is 264. The first-order valence-electron chi connectivity index (χ1n) is 5.83. The summed E-state index contributed by atoms with van der Waals surface area (Å²) in [5, 5.41) is 3.39. The number of hydrogen-bond donors (Lipinski definition) is 2. The summed E-state index contributed by atoms with van der Waals surface area (Å²) < 4.78 is 5.00. The number of aryl methyl sites for hydroxylation is 1. The SMILES string of the molecule is COCCNC(CN)CCc1ccccc1. The van der Waals surface area contributed by atoms with Crippen LogP contribution in [0.4, 0.5) is 0 Å². The smallest absolute Gasteiger partial charge is 0.0587 e. The molecule has 0 amide bonds. The van der Waals surface area contributed by atoms with Crippen LogP contribution in [0, 0.1) is 0 Å². The highest BCUT2D eigenvalue weighted by Crippen LogP contribution is 2.04. The van der Waals surface area contributed by atoms with Crippen LogP contribution < -0.4 is 11.1 Å². The molecule has 1 rings (SSSR count). The molecule has 0 saturated heterocycles. The van der Waals surface area contributed by atoms with E-state index in [1.165, 1.54) is 5.56 Å². The van der Waals surface area contributed by atoms with E-state index in [-0.39, 0.29) is 0 Å². The molecule has 16 heavy (non-hydrogen) atoms. The van der Waals surface area contributed by atoms with Gasteiger partial charge >= 0.3 is 0 Å². The Kier molecular flexibility index (Phi) is 6.81. The standard InChI is InChI=1S/C13H22N2O/c1-16-10-9-15-13(11-14)8-7-12-5-3-2-4-6-12/h2-6,13,15H,7-11,14H2,1H3. The maximum absolute atomic E-state index is 5.72. The van der Waals surface area contributed by atoms with Crippen LogP contribution in [-0.2, 0) is 11.2 Å². The van der Waals surface area contributed by atoms with Gasteiger partial charge in [-0.15, -0.1) is 0 Å². The number of nitrogens with one attached hydrogen (secondary N) is 1. The molecule has 90 valence electrons. The molecular formula is C13H22N2O. The second-order valence-corrected chi connectivity index (χ2v) is 3.90. The second kappa shape index (κ2) is 8.28. The molecule has 0 bridgehead atoms. The van der Waals surface area contributed by atoms with Crippen LogP contribution in [0.15, 0.2) is 30.3 Å². The average molecular weight is 222 g/mol. The molecule has 1 unspecified atom stereocenters. The molecule has 0 spiro atoms. The fraction of sp³-hybridized carbons (Fsp3) is 0.538. The Labute approximate surface area is 98.0 Å². The number of ether oxygens (including phenoxy) is 1. The van der Waals surface area contributed by atoms with Crippen molar-refractivity contribution in [1.82, 2.24) is 5.32 Å². The molecule has 3 N–H and O–H groups in total. The Balaban J connectivity index is 2.23. The monoisotopic (exact) mass is 222 g/mol. The predicted molar refractivity (Wildman–Crippen MR) is 67.5 cm³/mol. The van der Waals surface area contributed by atoms with E-state index in [2.05, 4.69) is 29.6 Å². The van der Waals surface area contributed by atoms with Gasteiger partial charge in [-0.25, -0.2) is 0 Å². The predicted octanol–water partition coefficient (Wildman–Crippen LogP) is 1.18. The lowest BCUT2D eigenvalue weighted by Crippen LogP contribution is -2.38. The fourth-order valence-electron chi connectivity index (χ4n) is 1.65. The summed E-state index contributed by atoms with van der Waals surface area (Å²) in [7, 11) is 1.71. The fourth-order valence-corrected chi connectivity index (χ4v) is 1.65. The van der Waals surface area contributed by atoms with Crippen molar-refractivity contribution < 1.29 is 4.74 Å². The minimum Gasteiger partial charge on any atom is -0.383 e. The van der Waals surface area contributed by atoms with Crippen LogP contribution in [0.5, 0.6) is 0 Å². The Morgan fingerprint density at radius 3 is 2.69 bits per heavy atom. The molecule has 0 aromatic heterocycles. The molecule has 0 heterocycles. The summed E-state index contributed by atoms with van der Waals surface area (Å²) in [6.07, 6.45) is 2.15. The first-order valence-corrected chi connectivity index (χ1v) is 5.83. The maximum atomic E-state index is 5.72. The van der Waals surface area contributed by atoms with Gasteiger partial charge in [0.2, 0.25) is 0 Å². The molecule has 0 saturated carbocycles. The van der Waals surface area contributed by atoms with Crippen molar-refractivity contribution in [2.75, 3.05) is 26.8 Å². The lowest BCUT2D eigenvalue weighted by atomic mass is 10.1. The summed E-state index contributed by atoms with van der Waals surface area (Å²) in [6.45, 7) is 2.28. The van der Waals surface area contributed by atoms with Crippen molar-refractivity contribution >= 4 is 0 Å². The summed E-state index contributed by atoms with van der Waals surface area (Å²) in [5.74, 6) is 0. The van der Waals surface area contributed by atoms with Crippen LogP contribution in [-0.4, -0.2) is 32.8 Å². The van der Waals surface area contributed by atoms with Gasteiger partial charge in [0.1, 0.15) is 0 Å². The van der Waals surface area contributed by atoms with Crippen LogP contribution >= 0.6 is 0 Å². The second-order valence-electron chi connectivity index (χ2n) is 3.90. The van der Waals surface area contributed by atoms with Gasteiger partial charge in [0.05, 0.1) is 6.61 Å². The molecule has 0 radical (unpaired) electrons. The minimum absolute atomic E-state index is 0.385.